The lowest BCUT2D eigenvalue weighted by atomic mass is 10.2. The van der Waals surface area contributed by atoms with Crippen molar-refractivity contribution in [3.05, 3.63) is 40.4 Å². The van der Waals surface area contributed by atoms with E-state index in [1.54, 1.807) is 18.2 Å². The molecule has 1 aliphatic carbocycles. The highest BCUT2D eigenvalue weighted by Gasteiger charge is 2.20. The molecule has 0 fully saturated rings. The molecule has 3 nitrogen and oxygen atoms in total. The molecule has 1 aliphatic rings. The molecule has 92 valence electrons. The monoisotopic (exact) mass is 315 g/mol. The number of sulfonamides is 1. The largest absolute Gasteiger partial charge is 0.240 e. The van der Waals surface area contributed by atoms with Gasteiger partial charge in [-0.1, -0.05) is 28.1 Å². The van der Waals surface area contributed by atoms with E-state index in [-0.39, 0.29) is 6.04 Å². The summed E-state index contributed by atoms with van der Waals surface area (Å²) in [6.45, 7) is 1.88. The Bertz CT molecular complexity index is 544. The van der Waals surface area contributed by atoms with Crippen molar-refractivity contribution in [1.29, 1.82) is 0 Å². The van der Waals surface area contributed by atoms with E-state index in [2.05, 4.69) is 20.7 Å². The Morgan fingerprint density at radius 2 is 1.94 bits per heavy atom. The van der Waals surface area contributed by atoms with Gasteiger partial charge in [-0.05, 0) is 43.5 Å². The fraction of sp³-hybridized carbons (Fsp3) is 0.333. The second-order valence-corrected chi connectivity index (χ2v) is 6.74. The fourth-order valence-corrected chi connectivity index (χ4v) is 3.38. The summed E-state index contributed by atoms with van der Waals surface area (Å²) in [6.07, 6.45) is 5.55. The maximum Gasteiger partial charge on any atom is 0.240 e. The predicted octanol–water partition coefficient (Wildman–Crippen LogP) is 2.75. The van der Waals surface area contributed by atoms with Gasteiger partial charge in [-0.15, -0.1) is 0 Å². The Balaban J connectivity index is 2.22. The van der Waals surface area contributed by atoms with E-state index in [9.17, 15) is 8.42 Å². The van der Waals surface area contributed by atoms with Crippen LogP contribution in [0.5, 0.6) is 0 Å². The second-order valence-electron chi connectivity index (χ2n) is 4.17. The Morgan fingerprint density at radius 3 is 2.53 bits per heavy atom. The first kappa shape index (κ1) is 12.8. The zero-order chi connectivity index (χ0) is 12.5. The summed E-state index contributed by atoms with van der Waals surface area (Å²) in [5.74, 6) is 0. The average molecular weight is 316 g/mol. The molecule has 0 saturated carbocycles. The van der Waals surface area contributed by atoms with Crippen LogP contribution in [0.15, 0.2) is 39.7 Å². The number of nitrogens with one attached hydrogen (secondary N) is 1. The van der Waals surface area contributed by atoms with E-state index in [1.165, 1.54) is 0 Å². The molecule has 0 unspecified atom stereocenters. The molecule has 5 heteroatoms. The van der Waals surface area contributed by atoms with Crippen molar-refractivity contribution < 1.29 is 8.42 Å². The molecule has 1 aromatic carbocycles. The first-order valence-electron chi connectivity index (χ1n) is 5.42. The molecule has 0 radical (unpaired) electrons. The van der Waals surface area contributed by atoms with Gasteiger partial charge in [0.2, 0.25) is 10.0 Å². The standard InChI is InChI=1S/C12H14BrNO2S/c1-9-8-11(6-7-12(9)13)17(15,16)14-10-4-2-3-5-10/h2-3,6-8,10,14H,4-5H2,1H3. The molecular formula is C12H14BrNO2S. The summed E-state index contributed by atoms with van der Waals surface area (Å²) in [5.41, 5.74) is 0.914. The van der Waals surface area contributed by atoms with Crippen LogP contribution in [0.3, 0.4) is 0 Å². The zero-order valence-electron chi connectivity index (χ0n) is 9.48. The summed E-state index contributed by atoms with van der Waals surface area (Å²) < 4.78 is 27.8. The number of hydrogen-bond donors (Lipinski definition) is 1. The number of benzene rings is 1. The summed E-state index contributed by atoms with van der Waals surface area (Å²) in [6, 6.07) is 5.05. The molecule has 17 heavy (non-hydrogen) atoms. The second kappa shape index (κ2) is 4.92. The molecule has 2 rings (SSSR count). The minimum Gasteiger partial charge on any atom is -0.207 e. The molecule has 0 aliphatic heterocycles. The lowest BCUT2D eigenvalue weighted by Crippen LogP contribution is -2.32. The minimum absolute atomic E-state index is 0.00366. The van der Waals surface area contributed by atoms with Crippen LogP contribution in [-0.2, 0) is 10.0 Å². The topological polar surface area (TPSA) is 46.2 Å². The summed E-state index contributed by atoms with van der Waals surface area (Å²) >= 11 is 3.36. The molecular weight excluding hydrogens is 302 g/mol. The average Bonchev–Trinajstić information content (AvgIpc) is 2.73. The van der Waals surface area contributed by atoms with Crippen molar-refractivity contribution in [3.8, 4) is 0 Å². The summed E-state index contributed by atoms with van der Waals surface area (Å²) in [5, 5.41) is 0. The highest BCUT2D eigenvalue weighted by atomic mass is 79.9. The Labute approximate surface area is 110 Å². The molecule has 0 atom stereocenters. The van der Waals surface area contributed by atoms with Gasteiger partial charge in [0.1, 0.15) is 0 Å². The third-order valence-corrected chi connectivity index (χ3v) is 5.18. The lowest BCUT2D eigenvalue weighted by molar-refractivity contribution is 0.557. The van der Waals surface area contributed by atoms with Crippen LogP contribution in [0.2, 0.25) is 0 Å². The van der Waals surface area contributed by atoms with Crippen molar-refractivity contribution in [1.82, 2.24) is 4.72 Å². The summed E-state index contributed by atoms with van der Waals surface area (Å²) in [4.78, 5) is 0.324. The van der Waals surface area contributed by atoms with Gasteiger partial charge < -0.3 is 0 Å². The van der Waals surface area contributed by atoms with E-state index in [4.69, 9.17) is 0 Å². The van der Waals surface area contributed by atoms with Crippen LogP contribution in [0.1, 0.15) is 18.4 Å². The SMILES string of the molecule is Cc1cc(S(=O)(=O)NC2CC=CC2)ccc1Br. The van der Waals surface area contributed by atoms with Gasteiger partial charge in [0, 0.05) is 10.5 Å². The third-order valence-electron chi connectivity index (χ3n) is 2.77. The maximum absolute atomic E-state index is 12.1. The number of aryl methyl sites for hydroxylation is 1. The smallest absolute Gasteiger partial charge is 0.207 e. The molecule has 1 N–H and O–H groups in total. The Morgan fingerprint density at radius 1 is 1.29 bits per heavy atom. The van der Waals surface area contributed by atoms with Crippen molar-refractivity contribution in [2.45, 2.75) is 30.7 Å². The van der Waals surface area contributed by atoms with Crippen molar-refractivity contribution in [2.24, 2.45) is 0 Å². The first-order chi connectivity index (χ1) is 7.99. The lowest BCUT2D eigenvalue weighted by Gasteiger charge is -2.13. The van der Waals surface area contributed by atoms with Gasteiger partial charge in [0.05, 0.1) is 4.90 Å². The molecule has 0 aromatic heterocycles. The van der Waals surface area contributed by atoms with Gasteiger partial charge in [-0.3, -0.25) is 0 Å². The number of halogens is 1. The van der Waals surface area contributed by atoms with Gasteiger partial charge in [-0.25, -0.2) is 13.1 Å². The van der Waals surface area contributed by atoms with Gasteiger partial charge in [0.25, 0.3) is 0 Å². The molecule has 0 amide bonds. The van der Waals surface area contributed by atoms with E-state index >= 15 is 0 Å². The van der Waals surface area contributed by atoms with E-state index < -0.39 is 10.0 Å². The van der Waals surface area contributed by atoms with Gasteiger partial charge in [0.15, 0.2) is 0 Å². The van der Waals surface area contributed by atoms with Crippen LogP contribution >= 0.6 is 15.9 Å². The fourth-order valence-electron chi connectivity index (χ4n) is 1.79. The maximum atomic E-state index is 12.1. The van der Waals surface area contributed by atoms with E-state index in [0.29, 0.717) is 4.90 Å². The van der Waals surface area contributed by atoms with Crippen LogP contribution in [0, 0.1) is 6.92 Å². The molecule has 0 heterocycles. The molecule has 0 spiro atoms. The molecule has 1 aromatic rings. The first-order valence-corrected chi connectivity index (χ1v) is 7.70. The molecule has 0 saturated heterocycles. The quantitative estimate of drug-likeness (QED) is 0.872. The number of hydrogen-bond acceptors (Lipinski definition) is 2. The highest BCUT2D eigenvalue weighted by Crippen LogP contribution is 2.21. The predicted molar refractivity (Wildman–Crippen MR) is 71.4 cm³/mol. The van der Waals surface area contributed by atoms with E-state index in [1.807, 2.05) is 19.1 Å². The number of rotatable bonds is 3. The summed E-state index contributed by atoms with van der Waals surface area (Å²) in [7, 11) is -3.39. The molecule has 0 bridgehead atoms. The van der Waals surface area contributed by atoms with Crippen LogP contribution in [-0.4, -0.2) is 14.5 Å². The van der Waals surface area contributed by atoms with Crippen molar-refractivity contribution >= 4 is 26.0 Å². The normalized spacial score (nSPS) is 16.6. The Hall–Kier alpha value is -0.650. The van der Waals surface area contributed by atoms with Crippen LogP contribution < -0.4 is 4.72 Å². The van der Waals surface area contributed by atoms with Crippen LogP contribution in [0.4, 0.5) is 0 Å². The Kier molecular flexibility index (Phi) is 3.70. The zero-order valence-corrected chi connectivity index (χ0v) is 11.9. The third kappa shape index (κ3) is 2.97. The van der Waals surface area contributed by atoms with Crippen molar-refractivity contribution in [2.75, 3.05) is 0 Å². The van der Waals surface area contributed by atoms with Crippen molar-refractivity contribution in [3.63, 3.8) is 0 Å². The van der Waals surface area contributed by atoms with Gasteiger partial charge in [-0.2, -0.15) is 0 Å². The van der Waals surface area contributed by atoms with Crippen LogP contribution in [0.25, 0.3) is 0 Å². The van der Waals surface area contributed by atoms with Gasteiger partial charge >= 0.3 is 0 Å². The minimum atomic E-state index is -3.39. The van der Waals surface area contributed by atoms with E-state index in [0.717, 1.165) is 22.9 Å². The highest BCUT2D eigenvalue weighted by molar-refractivity contribution is 9.10.